The van der Waals surface area contributed by atoms with Gasteiger partial charge in [-0.05, 0) is 99.0 Å². The van der Waals surface area contributed by atoms with Gasteiger partial charge in [-0.1, -0.05) is 12.6 Å². The maximum atomic E-state index is 15.3. The van der Waals surface area contributed by atoms with E-state index in [9.17, 15) is 18.4 Å². The van der Waals surface area contributed by atoms with Gasteiger partial charge >= 0.3 is 0 Å². The Morgan fingerprint density at radius 2 is 1.73 bits per heavy atom. The molecule has 4 aromatic heterocycles. The lowest BCUT2D eigenvalue weighted by atomic mass is 10.0. The molecule has 3 aromatic carbocycles. The van der Waals surface area contributed by atoms with Gasteiger partial charge in [0.15, 0.2) is 28.8 Å². The van der Waals surface area contributed by atoms with E-state index in [-0.39, 0.29) is 77.2 Å². The van der Waals surface area contributed by atoms with Crippen molar-refractivity contribution in [2.24, 2.45) is 0 Å². The van der Waals surface area contributed by atoms with Crippen molar-refractivity contribution in [3.05, 3.63) is 118 Å². The van der Waals surface area contributed by atoms with Gasteiger partial charge in [-0.25, -0.2) is 32.5 Å². The second-order valence-corrected chi connectivity index (χ2v) is 18.2. The minimum absolute atomic E-state index is 0.0110. The second-order valence-electron chi connectivity index (χ2n) is 18.2. The van der Waals surface area contributed by atoms with Crippen LogP contribution in [0.15, 0.2) is 67.1 Å². The Morgan fingerprint density at radius 3 is 2.47 bits per heavy atom. The molecular formula is C49H50F4N14O3. The highest BCUT2D eigenvalue weighted by Crippen LogP contribution is 2.43. The largest absolute Gasteiger partial charge is 0.486 e. The highest BCUT2D eigenvalue weighted by atomic mass is 19.2. The van der Waals surface area contributed by atoms with E-state index in [2.05, 4.69) is 48.7 Å². The van der Waals surface area contributed by atoms with Crippen molar-refractivity contribution in [3.8, 4) is 17.0 Å². The van der Waals surface area contributed by atoms with E-state index in [0.29, 0.717) is 53.5 Å². The SMILES string of the molecule is C=C(CN(Cc1nc2c(F)c(F)ccc2[nH]1)c1nc(N2CCN(C)CC2)nc2c(C3CC3)cnn12)C(=O)N(C)CCOc1c(N)ncnc1-c1cc(F)cc(NC(=O)c2ccc(C3CC3)cc2F)c1C. The number of piperazine rings is 1. The number of halogens is 4. The number of carbonyl (C=O) groups is 2. The zero-order chi connectivity index (χ0) is 49.0. The molecule has 0 atom stereocenters. The van der Waals surface area contributed by atoms with Gasteiger partial charge < -0.3 is 40.4 Å². The number of fused-ring (bicyclic) bond motifs is 2. The normalized spacial score (nSPS) is 15.2. The van der Waals surface area contributed by atoms with E-state index < -0.39 is 35.1 Å². The van der Waals surface area contributed by atoms with Crippen molar-refractivity contribution >= 4 is 51.9 Å². The smallest absolute Gasteiger partial charge is 0.258 e. The molecule has 1 aliphatic heterocycles. The predicted octanol–water partition coefficient (Wildman–Crippen LogP) is 6.76. The molecule has 21 heteroatoms. The molecule has 0 unspecified atom stereocenters. The molecule has 2 aliphatic carbocycles. The number of aromatic amines is 1. The van der Waals surface area contributed by atoms with Crippen LogP contribution < -0.4 is 25.6 Å². The summed E-state index contributed by atoms with van der Waals surface area (Å²) in [6.45, 7) is 8.59. The topological polar surface area (TPSA) is 192 Å². The average Bonchev–Trinajstić information content (AvgIpc) is 4.29. The molecule has 3 fully saturated rings. The quantitative estimate of drug-likeness (QED) is 0.0681. The predicted molar refractivity (Wildman–Crippen MR) is 255 cm³/mol. The van der Waals surface area contributed by atoms with E-state index >= 15 is 8.78 Å². The van der Waals surface area contributed by atoms with Crippen LogP contribution >= 0.6 is 0 Å². The summed E-state index contributed by atoms with van der Waals surface area (Å²) in [4.78, 5) is 61.0. The minimum atomic E-state index is -1.09. The molecule has 10 rings (SSSR count). The van der Waals surface area contributed by atoms with Crippen molar-refractivity contribution in [2.75, 3.05) is 80.8 Å². The van der Waals surface area contributed by atoms with Crippen molar-refractivity contribution < 1.29 is 31.9 Å². The van der Waals surface area contributed by atoms with Crippen LogP contribution in [0.1, 0.15) is 70.4 Å². The number of benzene rings is 3. The third-order valence-corrected chi connectivity index (χ3v) is 13.1. The number of amides is 2. The lowest BCUT2D eigenvalue weighted by Gasteiger charge is -2.33. The number of carbonyl (C=O) groups excluding carboxylic acids is 2. The van der Waals surface area contributed by atoms with Gasteiger partial charge in [0.25, 0.3) is 11.8 Å². The number of nitrogens with zero attached hydrogens (tertiary/aromatic N) is 11. The number of nitrogens with two attached hydrogens (primary N) is 1. The summed E-state index contributed by atoms with van der Waals surface area (Å²) in [5, 5.41) is 7.36. The lowest BCUT2D eigenvalue weighted by Crippen LogP contribution is -2.45. The summed E-state index contributed by atoms with van der Waals surface area (Å²) in [7, 11) is 3.63. The summed E-state index contributed by atoms with van der Waals surface area (Å²) in [5.41, 5.74) is 9.70. The van der Waals surface area contributed by atoms with E-state index in [1.165, 1.54) is 35.5 Å². The number of aromatic nitrogens is 8. The molecule has 7 aromatic rings. The van der Waals surface area contributed by atoms with Crippen molar-refractivity contribution in [1.29, 1.82) is 0 Å². The molecule has 0 bridgehead atoms. The summed E-state index contributed by atoms with van der Waals surface area (Å²) < 4.78 is 67.4. The zero-order valence-corrected chi connectivity index (χ0v) is 38.8. The van der Waals surface area contributed by atoms with Gasteiger partial charge in [-0.15, -0.1) is 0 Å². The monoisotopic (exact) mass is 958 g/mol. The van der Waals surface area contributed by atoms with Crippen LogP contribution in [0, 0.1) is 30.2 Å². The molecule has 5 heterocycles. The fraction of sp³-hybridized carbons (Fsp3) is 0.347. The van der Waals surface area contributed by atoms with E-state index in [1.807, 2.05) is 0 Å². The Hall–Kier alpha value is -7.68. The third kappa shape index (κ3) is 9.27. The van der Waals surface area contributed by atoms with Gasteiger partial charge in [0.05, 0.1) is 36.9 Å². The second kappa shape index (κ2) is 18.7. The summed E-state index contributed by atoms with van der Waals surface area (Å²) >= 11 is 0. The van der Waals surface area contributed by atoms with Crippen LogP contribution in [-0.2, 0) is 11.3 Å². The Labute approximate surface area is 399 Å². The molecule has 0 spiro atoms. The first-order valence-corrected chi connectivity index (χ1v) is 23.0. The van der Waals surface area contributed by atoms with Crippen molar-refractivity contribution in [2.45, 2.75) is 51.0 Å². The molecule has 0 radical (unpaired) electrons. The van der Waals surface area contributed by atoms with Crippen LogP contribution in [0.4, 0.5) is 41.0 Å². The maximum Gasteiger partial charge on any atom is 0.258 e. The van der Waals surface area contributed by atoms with E-state index in [0.717, 1.165) is 62.0 Å². The fourth-order valence-electron chi connectivity index (χ4n) is 8.73. The van der Waals surface area contributed by atoms with Gasteiger partial charge in [0, 0.05) is 55.6 Å². The number of nitrogens with one attached hydrogen (secondary N) is 2. The highest BCUT2D eigenvalue weighted by Gasteiger charge is 2.32. The summed E-state index contributed by atoms with van der Waals surface area (Å²) in [6.07, 6.45) is 6.95. The van der Waals surface area contributed by atoms with Crippen molar-refractivity contribution in [3.63, 3.8) is 0 Å². The first kappa shape index (κ1) is 46.1. The average molecular weight is 959 g/mol. The van der Waals surface area contributed by atoms with Crippen LogP contribution in [0.5, 0.6) is 5.75 Å². The third-order valence-electron chi connectivity index (χ3n) is 13.1. The number of hydrogen-bond donors (Lipinski definition) is 3. The Bertz CT molecular complexity index is 3200. The molecule has 2 amide bonds. The van der Waals surface area contributed by atoms with Crippen LogP contribution in [-0.4, -0.2) is 121 Å². The van der Waals surface area contributed by atoms with Gasteiger partial charge in [0.2, 0.25) is 11.9 Å². The summed E-state index contributed by atoms with van der Waals surface area (Å²) in [6, 6.07) is 9.30. The number of ether oxygens (including phenoxy) is 1. The molecule has 4 N–H and O–H groups in total. The highest BCUT2D eigenvalue weighted by molar-refractivity contribution is 6.05. The standard InChI is InChI=1S/C49H50F4N14O3/c1-26(23-66(24-39-58-37-12-11-35(51)40(53)42(37)60-39)49-62-48(65-15-13-63(3)14-16-65)61-45-34(29-7-8-29)22-57-67(45)49)47(69)64(4)17-18-70-43-41(55-25-56-44(43)54)33-20-31(50)21-38(27(33)2)59-46(68)32-10-9-30(19-36(32)52)28-5-6-28/h9-12,19-22,25,28-29H,1,5-8,13-18,23-24H2,2-4H3,(H,58,60)(H,59,68)(H2,54,55,56). The number of hydrogen-bond acceptors (Lipinski definition) is 13. The molecule has 2 saturated carbocycles. The van der Waals surface area contributed by atoms with Crippen LogP contribution in [0.2, 0.25) is 0 Å². The summed E-state index contributed by atoms with van der Waals surface area (Å²) in [5.74, 6) is -3.03. The van der Waals surface area contributed by atoms with E-state index in [4.69, 9.17) is 25.5 Å². The minimum Gasteiger partial charge on any atom is -0.486 e. The number of likely N-dealkylation sites (N-methyl/N-ethyl adjacent to an activating group) is 2. The van der Waals surface area contributed by atoms with E-state index in [1.54, 1.807) is 35.6 Å². The zero-order valence-electron chi connectivity index (χ0n) is 38.8. The Morgan fingerprint density at radius 1 is 0.957 bits per heavy atom. The molecule has 362 valence electrons. The Kier molecular flexibility index (Phi) is 12.3. The van der Waals surface area contributed by atoms with Crippen LogP contribution in [0.25, 0.3) is 27.9 Å². The number of nitrogen functional groups attached to an aromatic ring is 1. The first-order valence-electron chi connectivity index (χ1n) is 23.0. The van der Waals surface area contributed by atoms with Crippen LogP contribution in [0.3, 0.4) is 0 Å². The Balaban J connectivity index is 0.880. The van der Waals surface area contributed by atoms with Gasteiger partial charge in [-0.3, -0.25) is 9.59 Å². The van der Waals surface area contributed by atoms with Gasteiger partial charge in [0.1, 0.15) is 41.6 Å². The molecule has 3 aliphatic rings. The molecule has 17 nitrogen and oxygen atoms in total. The van der Waals surface area contributed by atoms with Gasteiger partial charge in [-0.2, -0.15) is 19.6 Å². The fourth-order valence-corrected chi connectivity index (χ4v) is 8.73. The number of rotatable bonds is 16. The number of anilines is 4. The molecule has 1 saturated heterocycles. The number of H-pyrrole nitrogens is 1. The first-order chi connectivity index (χ1) is 33.7. The number of imidazole rings is 1. The molecular weight excluding hydrogens is 909 g/mol. The maximum absolute atomic E-state index is 15.3. The lowest BCUT2D eigenvalue weighted by molar-refractivity contribution is -0.126. The van der Waals surface area contributed by atoms with Crippen molar-refractivity contribution in [1.82, 2.24) is 49.3 Å². The molecule has 70 heavy (non-hydrogen) atoms.